The molecule has 0 fully saturated rings. The van der Waals surface area contributed by atoms with E-state index in [9.17, 15) is 4.57 Å². The van der Waals surface area contributed by atoms with Crippen molar-refractivity contribution in [3.05, 3.63) is 0 Å². The lowest BCUT2D eigenvalue weighted by Gasteiger charge is -2.08. The van der Waals surface area contributed by atoms with Crippen LogP contribution in [0, 0.1) is 0 Å². The fourth-order valence-corrected chi connectivity index (χ4v) is 1.46. The van der Waals surface area contributed by atoms with Crippen LogP contribution in [0.15, 0.2) is 0 Å². The zero-order valence-corrected chi connectivity index (χ0v) is 9.76. The second kappa shape index (κ2) is 8.38. The minimum absolute atomic E-state index is 0.279. The standard InChI is InChI=1S/C8H20NO4P/c1-9-7-5-3-4-6-8-13-14(10,11)12-2/h9H,3-8H2,1-2H3,(H,10,11). The summed E-state index contributed by atoms with van der Waals surface area (Å²) in [5.74, 6) is 0. The average molecular weight is 225 g/mol. The summed E-state index contributed by atoms with van der Waals surface area (Å²) < 4.78 is 19.7. The van der Waals surface area contributed by atoms with Crippen molar-refractivity contribution in [3.8, 4) is 0 Å². The van der Waals surface area contributed by atoms with Gasteiger partial charge < -0.3 is 10.2 Å². The van der Waals surface area contributed by atoms with E-state index in [1.54, 1.807) is 0 Å². The molecule has 5 nitrogen and oxygen atoms in total. The van der Waals surface area contributed by atoms with Crippen LogP contribution in [0.4, 0.5) is 0 Å². The fourth-order valence-electron chi connectivity index (χ4n) is 0.990. The van der Waals surface area contributed by atoms with Crippen LogP contribution in [-0.2, 0) is 13.6 Å². The Morgan fingerprint density at radius 1 is 1.29 bits per heavy atom. The first kappa shape index (κ1) is 14.1. The zero-order valence-electron chi connectivity index (χ0n) is 8.86. The number of phosphoric ester groups is 1. The van der Waals surface area contributed by atoms with Crippen LogP contribution in [-0.4, -0.2) is 32.2 Å². The van der Waals surface area contributed by atoms with Crippen molar-refractivity contribution in [3.63, 3.8) is 0 Å². The highest BCUT2D eigenvalue weighted by Crippen LogP contribution is 2.41. The van der Waals surface area contributed by atoms with Gasteiger partial charge in [-0.05, 0) is 26.4 Å². The van der Waals surface area contributed by atoms with Crippen molar-refractivity contribution < 1.29 is 18.5 Å². The van der Waals surface area contributed by atoms with Crippen LogP contribution in [0.2, 0.25) is 0 Å². The van der Waals surface area contributed by atoms with Gasteiger partial charge in [0.1, 0.15) is 0 Å². The number of hydrogen-bond donors (Lipinski definition) is 2. The molecule has 1 unspecified atom stereocenters. The Bertz CT molecular complexity index is 177. The first-order chi connectivity index (χ1) is 6.62. The minimum atomic E-state index is -3.75. The molecule has 0 aliphatic heterocycles. The maximum Gasteiger partial charge on any atom is 0.471 e. The molecule has 0 aromatic carbocycles. The molecule has 0 aromatic heterocycles. The molecule has 0 heterocycles. The highest BCUT2D eigenvalue weighted by molar-refractivity contribution is 7.47. The van der Waals surface area contributed by atoms with Gasteiger partial charge in [0.2, 0.25) is 0 Å². The normalized spacial score (nSPS) is 15.4. The summed E-state index contributed by atoms with van der Waals surface area (Å²) >= 11 is 0. The number of rotatable bonds is 9. The van der Waals surface area contributed by atoms with Crippen molar-refractivity contribution in [2.24, 2.45) is 0 Å². The van der Waals surface area contributed by atoms with E-state index in [2.05, 4.69) is 14.4 Å². The maximum absolute atomic E-state index is 10.8. The Balaban J connectivity index is 3.17. The van der Waals surface area contributed by atoms with Gasteiger partial charge in [0.15, 0.2) is 0 Å². The van der Waals surface area contributed by atoms with Crippen molar-refractivity contribution in [2.75, 3.05) is 27.3 Å². The zero-order chi connectivity index (χ0) is 10.9. The lowest BCUT2D eigenvalue weighted by Crippen LogP contribution is -2.07. The molecule has 0 aliphatic carbocycles. The van der Waals surface area contributed by atoms with Crippen LogP contribution in [0.3, 0.4) is 0 Å². The highest BCUT2D eigenvalue weighted by atomic mass is 31.2. The molecule has 0 amide bonds. The first-order valence-electron chi connectivity index (χ1n) is 4.80. The molecular formula is C8H20NO4P. The fraction of sp³-hybridized carbons (Fsp3) is 1.00. The van der Waals surface area contributed by atoms with E-state index < -0.39 is 7.82 Å². The smallest absolute Gasteiger partial charge is 0.320 e. The van der Waals surface area contributed by atoms with Crippen LogP contribution >= 0.6 is 7.82 Å². The quantitative estimate of drug-likeness (QED) is 0.460. The minimum Gasteiger partial charge on any atom is -0.320 e. The van der Waals surface area contributed by atoms with Gasteiger partial charge in [-0.3, -0.25) is 9.05 Å². The summed E-state index contributed by atoms with van der Waals surface area (Å²) in [6.45, 7) is 1.29. The third-order valence-electron chi connectivity index (χ3n) is 1.81. The molecule has 0 radical (unpaired) electrons. The molecule has 1 atom stereocenters. The molecule has 0 aromatic rings. The predicted molar refractivity (Wildman–Crippen MR) is 55.2 cm³/mol. The Morgan fingerprint density at radius 2 is 1.93 bits per heavy atom. The topological polar surface area (TPSA) is 67.8 Å². The summed E-state index contributed by atoms with van der Waals surface area (Å²) in [4.78, 5) is 8.87. The van der Waals surface area contributed by atoms with Crippen LogP contribution in [0.1, 0.15) is 25.7 Å². The van der Waals surface area contributed by atoms with E-state index >= 15 is 0 Å². The second-order valence-electron chi connectivity index (χ2n) is 3.00. The van der Waals surface area contributed by atoms with Gasteiger partial charge in [-0.15, -0.1) is 0 Å². The Morgan fingerprint density at radius 3 is 2.50 bits per heavy atom. The Labute approximate surface area is 85.4 Å². The van der Waals surface area contributed by atoms with Gasteiger partial charge in [-0.25, -0.2) is 4.57 Å². The molecule has 14 heavy (non-hydrogen) atoms. The van der Waals surface area contributed by atoms with Crippen molar-refractivity contribution >= 4 is 7.82 Å². The maximum atomic E-state index is 10.8. The molecule has 0 spiro atoms. The first-order valence-corrected chi connectivity index (χ1v) is 6.29. The monoisotopic (exact) mass is 225 g/mol. The van der Waals surface area contributed by atoms with Crippen LogP contribution < -0.4 is 5.32 Å². The summed E-state index contributed by atoms with van der Waals surface area (Å²) in [6, 6.07) is 0. The molecule has 0 aliphatic rings. The summed E-state index contributed by atoms with van der Waals surface area (Å²) in [5, 5.41) is 3.06. The molecule has 6 heteroatoms. The van der Waals surface area contributed by atoms with Gasteiger partial charge in [-0.1, -0.05) is 12.8 Å². The predicted octanol–water partition coefficient (Wildman–Crippen LogP) is 1.53. The highest BCUT2D eigenvalue weighted by Gasteiger charge is 2.16. The average Bonchev–Trinajstić information content (AvgIpc) is 2.16. The van der Waals surface area contributed by atoms with E-state index in [1.165, 1.54) is 0 Å². The molecule has 0 rings (SSSR count). The van der Waals surface area contributed by atoms with Crippen molar-refractivity contribution in [1.82, 2.24) is 5.32 Å². The van der Waals surface area contributed by atoms with E-state index in [4.69, 9.17) is 4.89 Å². The third kappa shape index (κ3) is 8.66. The van der Waals surface area contributed by atoms with Crippen LogP contribution in [0.25, 0.3) is 0 Å². The number of nitrogens with one attached hydrogen (secondary N) is 1. The third-order valence-corrected chi connectivity index (χ3v) is 2.78. The van der Waals surface area contributed by atoms with E-state index in [1.807, 2.05) is 7.05 Å². The largest absolute Gasteiger partial charge is 0.471 e. The molecule has 0 saturated carbocycles. The molecule has 0 saturated heterocycles. The van der Waals surface area contributed by atoms with Gasteiger partial charge in [0.05, 0.1) is 6.61 Å². The van der Waals surface area contributed by atoms with Crippen molar-refractivity contribution in [2.45, 2.75) is 25.7 Å². The van der Waals surface area contributed by atoms with Crippen LogP contribution in [0.5, 0.6) is 0 Å². The summed E-state index contributed by atoms with van der Waals surface area (Å²) in [5.41, 5.74) is 0. The Kier molecular flexibility index (Phi) is 8.43. The van der Waals surface area contributed by atoms with E-state index in [0.29, 0.717) is 0 Å². The Hall–Kier alpha value is 0.0700. The lowest BCUT2D eigenvalue weighted by molar-refractivity contribution is 0.170. The number of phosphoric acid groups is 1. The van der Waals surface area contributed by atoms with Gasteiger partial charge in [0.25, 0.3) is 0 Å². The molecular weight excluding hydrogens is 205 g/mol. The summed E-state index contributed by atoms with van der Waals surface area (Å²) in [7, 11) is -0.666. The van der Waals surface area contributed by atoms with Gasteiger partial charge >= 0.3 is 7.82 Å². The van der Waals surface area contributed by atoms with E-state index in [0.717, 1.165) is 39.3 Å². The second-order valence-corrected chi connectivity index (χ2v) is 4.56. The summed E-state index contributed by atoms with van der Waals surface area (Å²) in [6.07, 6.45) is 4.02. The molecule has 86 valence electrons. The van der Waals surface area contributed by atoms with Gasteiger partial charge in [0, 0.05) is 7.11 Å². The number of hydrogen-bond acceptors (Lipinski definition) is 4. The number of unbranched alkanes of at least 4 members (excludes halogenated alkanes) is 3. The lowest BCUT2D eigenvalue weighted by atomic mass is 10.2. The molecule has 2 N–H and O–H groups in total. The molecule has 0 bridgehead atoms. The van der Waals surface area contributed by atoms with E-state index in [-0.39, 0.29) is 6.61 Å². The SMILES string of the molecule is CNCCCCCCOP(=O)(O)OC. The van der Waals surface area contributed by atoms with Gasteiger partial charge in [-0.2, -0.15) is 0 Å². The van der Waals surface area contributed by atoms with Crippen molar-refractivity contribution in [1.29, 1.82) is 0 Å².